The van der Waals surface area contributed by atoms with Gasteiger partial charge in [-0.2, -0.15) is 0 Å². The van der Waals surface area contributed by atoms with Crippen LogP contribution in [0.2, 0.25) is 0 Å². The Morgan fingerprint density at radius 1 is 0.724 bits per heavy atom. The maximum Gasteiger partial charge on any atom is 0.119 e. The number of benzene rings is 1. The van der Waals surface area contributed by atoms with Crippen molar-refractivity contribution in [3.8, 4) is 5.75 Å². The van der Waals surface area contributed by atoms with Crippen molar-refractivity contribution in [3.05, 3.63) is 59.4 Å². The molecule has 1 unspecified atom stereocenters. The van der Waals surface area contributed by atoms with Crippen molar-refractivity contribution in [2.75, 3.05) is 6.61 Å². The molecular formula is C27H41NO. The average Bonchev–Trinajstić information content (AvgIpc) is 2.76. The van der Waals surface area contributed by atoms with E-state index in [2.05, 4.69) is 63.4 Å². The molecule has 0 aliphatic rings. The maximum absolute atomic E-state index is 5.91. The molecule has 0 radical (unpaired) electrons. The summed E-state index contributed by atoms with van der Waals surface area (Å²) in [6.07, 6.45) is 16.1. The molecule has 1 aromatic carbocycles. The van der Waals surface area contributed by atoms with Crippen molar-refractivity contribution >= 4 is 0 Å². The number of unbranched alkanes of at least 4 members (excludes halogenated alkanes) is 8. The van der Waals surface area contributed by atoms with Gasteiger partial charge in [0.25, 0.3) is 0 Å². The molecular weight excluding hydrogens is 354 g/mol. The molecule has 160 valence electrons. The summed E-state index contributed by atoms with van der Waals surface area (Å²) in [6.45, 7) is 7.59. The number of pyridine rings is 1. The highest BCUT2D eigenvalue weighted by Gasteiger charge is 2.09. The number of ether oxygens (including phenoxy) is 1. The second kappa shape index (κ2) is 14.2. The predicted molar refractivity (Wildman–Crippen MR) is 125 cm³/mol. The van der Waals surface area contributed by atoms with Gasteiger partial charge < -0.3 is 4.74 Å². The smallest absolute Gasteiger partial charge is 0.119 e. The number of rotatable bonds is 15. The fourth-order valence-electron chi connectivity index (χ4n) is 3.69. The van der Waals surface area contributed by atoms with Crippen LogP contribution in [-0.4, -0.2) is 11.6 Å². The monoisotopic (exact) mass is 395 g/mol. The van der Waals surface area contributed by atoms with E-state index in [1.807, 2.05) is 0 Å². The molecule has 0 fully saturated rings. The number of hydrogen-bond acceptors (Lipinski definition) is 2. The van der Waals surface area contributed by atoms with Crippen molar-refractivity contribution in [1.29, 1.82) is 0 Å². The zero-order chi connectivity index (χ0) is 20.7. The molecule has 2 nitrogen and oxygen atoms in total. The minimum atomic E-state index is 0.351. The molecule has 2 rings (SSSR count). The zero-order valence-corrected chi connectivity index (χ0v) is 19.0. The molecule has 0 bridgehead atoms. The summed E-state index contributed by atoms with van der Waals surface area (Å²) in [7, 11) is 0. The lowest BCUT2D eigenvalue weighted by Gasteiger charge is -2.14. The van der Waals surface area contributed by atoms with Gasteiger partial charge in [0.1, 0.15) is 5.75 Å². The van der Waals surface area contributed by atoms with E-state index in [1.165, 1.54) is 74.6 Å². The molecule has 2 heteroatoms. The molecule has 0 aliphatic heterocycles. The summed E-state index contributed by atoms with van der Waals surface area (Å²) in [6, 6.07) is 13.1. The molecule has 0 saturated heterocycles. The van der Waals surface area contributed by atoms with E-state index in [9.17, 15) is 0 Å². The van der Waals surface area contributed by atoms with Gasteiger partial charge in [0, 0.05) is 17.8 Å². The predicted octanol–water partition coefficient (Wildman–Crippen LogP) is 8.10. The number of aromatic nitrogens is 1. The highest BCUT2D eigenvalue weighted by atomic mass is 16.5. The maximum atomic E-state index is 5.91. The summed E-state index contributed by atoms with van der Waals surface area (Å²) in [5.74, 6) is 1.33. The normalized spacial score (nSPS) is 12.1. The van der Waals surface area contributed by atoms with Gasteiger partial charge >= 0.3 is 0 Å². The molecule has 1 aromatic heterocycles. The number of hydrogen-bond donors (Lipinski definition) is 0. The molecule has 0 saturated carbocycles. The number of nitrogens with zero attached hydrogens (tertiary/aromatic N) is 1. The summed E-state index contributed by atoms with van der Waals surface area (Å²) < 4.78 is 5.91. The average molecular weight is 396 g/mol. The van der Waals surface area contributed by atoms with Crippen LogP contribution >= 0.6 is 0 Å². The quantitative estimate of drug-likeness (QED) is 0.284. The third-order valence-electron chi connectivity index (χ3n) is 5.78. The van der Waals surface area contributed by atoms with Gasteiger partial charge in [-0.1, -0.05) is 90.3 Å². The molecule has 29 heavy (non-hydrogen) atoms. The minimum Gasteiger partial charge on any atom is -0.494 e. The zero-order valence-electron chi connectivity index (χ0n) is 19.0. The van der Waals surface area contributed by atoms with Crippen molar-refractivity contribution in [3.63, 3.8) is 0 Å². The molecule has 1 atom stereocenters. The van der Waals surface area contributed by atoms with E-state index in [0.29, 0.717) is 5.92 Å². The SMILES string of the molecule is CCCCCCCCOc1ccc(C(C)c2ccc(CCCCCC)nc2)cc1. The van der Waals surface area contributed by atoms with Crippen molar-refractivity contribution in [2.24, 2.45) is 0 Å². The summed E-state index contributed by atoms with van der Waals surface area (Å²) >= 11 is 0. The van der Waals surface area contributed by atoms with Crippen LogP contribution in [0.3, 0.4) is 0 Å². The van der Waals surface area contributed by atoms with Gasteiger partial charge in [-0.05, 0) is 48.6 Å². The van der Waals surface area contributed by atoms with Crippen LogP contribution in [0.5, 0.6) is 5.75 Å². The van der Waals surface area contributed by atoms with Crippen molar-refractivity contribution in [1.82, 2.24) is 4.98 Å². The molecule has 0 aliphatic carbocycles. The Morgan fingerprint density at radius 2 is 1.34 bits per heavy atom. The highest BCUT2D eigenvalue weighted by molar-refractivity contribution is 5.34. The topological polar surface area (TPSA) is 22.1 Å². The van der Waals surface area contributed by atoms with E-state index in [-0.39, 0.29) is 0 Å². The minimum absolute atomic E-state index is 0.351. The third kappa shape index (κ3) is 9.02. The highest BCUT2D eigenvalue weighted by Crippen LogP contribution is 2.26. The Morgan fingerprint density at radius 3 is 2.00 bits per heavy atom. The van der Waals surface area contributed by atoms with Crippen molar-refractivity contribution < 1.29 is 4.74 Å². The molecule has 0 amide bonds. The van der Waals surface area contributed by atoms with Gasteiger partial charge in [-0.3, -0.25) is 4.98 Å². The van der Waals surface area contributed by atoms with Crippen LogP contribution in [0, 0.1) is 0 Å². The van der Waals surface area contributed by atoms with Gasteiger partial charge in [-0.15, -0.1) is 0 Å². The first-order chi connectivity index (χ1) is 14.2. The van der Waals surface area contributed by atoms with Crippen LogP contribution in [0.25, 0.3) is 0 Å². The Labute approximate surface area is 179 Å². The third-order valence-corrected chi connectivity index (χ3v) is 5.78. The molecule has 2 aromatic rings. The van der Waals surface area contributed by atoms with Gasteiger partial charge in [-0.25, -0.2) is 0 Å². The lowest BCUT2D eigenvalue weighted by atomic mass is 9.94. The molecule has 0 N–H and O–H groups in total. The van der Waals surface area contributed by atoms with Gasteiger partial charge in [0.05, 0.1) is 6.61 Å². The summed E-state index contributed by atoms with van der Waals surface area (Å²) in [5, 5.41) is 0. The first-order valence-electron chi connectivity index (χ1n) is 11.9. The second-order valence-electron chi connectivity index (χ2n) is 8.30. The molecule has 0 spiro atoms. The van der Waals surface area contributed by atoms with E-state index >= 15 is 0 Å². The Balaban J connectivity index is 1.75. The Bertz CT molecular complexity index is 647. The second-order valence-corrected chi connectivity index (χ2v) is 8.30. The van der Waals surface area contributed by atoms with E-state index in [0.717, 1.165) is 25.2 Å². The van der Waals surface area contributed by atoms with Crippen molar-refractivity contribution in [2.45, 2.75) is 97.3 Å². The summed E-state index contributed by atoms with van der Waals surface area (Å²) in [4.78, 5) is 4.69. The lowest BCUT2D eigenvalue weighted by Crippen LogP contribution is -2.00. The van der Waals surface area contributed by atoms with Crippen LogP contribution in [-0.2, 0) is 6.42 Å². The van der Waals surface area contributed by atoms with Crippen LogP contribution in [0.1, 0.15) is 108 Å². The summed E-state index contributed by atoms with van der Waals surface area (Å²) in [5.41, 5.74) is 3.81. The first kappa shape index (κ1) is 23.4. The fourth-order valence-corrected chi connectivity index (χ4v) is 3.69. The fraction of sp³-hybridized carbons (Fsp3) is 0.593. The molecule has 1 heterocycles. The van der Waals surface area contributed by atoms with Crippen LogP contribution < -0.4 is 4.74 Å². The van der Waals surface area contributed by atoms with Crippen LogP contribution in [0.4, 0.5) is 0 Å². The standard InChI is InChI=1S/C27H41NO/c1-4-6-8-10-11-13-21-29-27-19-16-24(17-20-27)23(3)25-15-18-26(28-22-25)14-12-9-7-5-2/h15-20,22-23H,4-14,21H2,1-3H3. The lowest BCUT2D eigenvalue weighted by molar-refractivity contribution is 0.304. The van der Waals surface area contributed by atoms with Gasteiger partial charge in [0.2, 0.25) is 0 Å². The largest absolute Gasteiger partial charge is 0.494 e. The number of aryl methyl sites for hydroxylation is 1. The van der Waals surface area contributed by atoms with E-state index < -0.39 is 0 Å². The Kier molecular flexibility index (Phi) is 11.5. The van der Waals surface area contributed by atoms with Crippen LogP contribution in [0.15, 0.2) is 42.6 Å². The Hall–Kier alpha value is -1.83. The van der Waals surface area contributed by atoms with E-state index in [4.69, 9.17) is 9.72 Å². The van der Waals surface area contributed by atoms with Gasteiger partial charge in [0.15, 0.2) is 0 Å². The van der Waals surface area contributed by atoms with E-state index in [1.54, 1.807) is 0 Å². The first-order valence-corrected chi connectivity index (χ1v) is 11.9.